The molecule has 0 bridgehead atoms. The van der Waals surface area contributed by atoms with Crippen molar-refractivity contribution in [1.82, 2.24) is 10.4 Å². The second-order valence-electron chi connectivity index (χ2n) is 6.58. The monoisotopic (exact) mass is 403 g/mol. The van der Waals surface area contributed by atoms with Crippen LogP contribution >= 0.6 is 0 Å². The van der Waals surface area contributed by atoms with Crippen LogP contribution in [0.2, 0.25) is 0 Å². The molecule has 2 N–H and O–H groups in total. The number of amides is 1. The molecule has 7 nitrogen and oxygen atoms in total. The number of sulfonamides is 1. The summed E-state index contributed by atoms with van der Waals surface area (Å²) >= 11 is 0. The molecule has 28 heavy (non-hydrogen) atoms. The summed E-state index contributed by atoms with van der Waals surface area (Å²) in [4.78, 5) is 12.5. The lowest BCUT2D eigenvalue weighted by Gasteiger charge is -2.26. The van der Waals surface area contributed by atoms with E-state index in [4.69, 9.17) is 4.74 Å². The van der Waals surface area contributed by atoms with E-state index >= 15 is 0 Å². The second-order valence-corrected chi connectivity index (χ2v) is 8.26. The lowest BCUT2D eigenvalue weighted by molar-refractivity contribution is 0.0750. The fraction of sp³-hybridized carbons (Fsp3) is 0.350. The largest absolute Gasteiger partial charge is 0.494 e. The van der Waals surface area contributed by atoms with Crippen LogP contribution in [0.4, 0.5) is 5.69 Å². The Kier molecular flexibility index (Phi) is 6.53. The highest BCUT2D eigenvalue weighted by atomic mass is 32.2. The zero-order chi connectivity index (χ0) is 20.0. The molecule has 0 unspecified atom stereocenters. The van der Waals surface area contributed by atoms with Crippen molar-refractivity contribution in [3.63, 3.8) is 0 Å². The number of hydrazine groups is 1. The van der Waals surface area contributed by atoms with Gasteiger partial charge in [-0.1, -0.05) is 12.5 Å². The van der Waals surface area contributed by atoms with Crippen LogP contribution in [0.25, 0.3) is 0 Å². The Balaban J connectivity index is 1.71. The van der Waals surface area contributed by atoms with Gasteiger partial charge in [-0.15, -0.1) is 0 Å². The summed E-state index contributed by atoms with van der Waals surface area (Å²) in [5.74, 6) is 0.363. The van der Waals surface area contributed by atoms with Crippen molar-refractivity contribution in [3.05, 3.63) is 54.1 Å². The summed E-state index contributed by atoms with van der Waals surface area (Å²) in [6.45, 7) is 4.04. The molecule has 1 aliphatic heterocycles. The van der Waals surface area contributed by atoms with E-state index in [0.717, 1.165) is 32.4 Å². The van der Waals surface area contributed by atoms with E-state index in [0.29, 0.717) is 23.6 Å². The van der Waals surface area contributed by atoms with Crippen LogP contribution in [0.5, 0.6) is 5.75 Å². The summed E-state index contributed by atoms with van der Waals surface area (Å²) in [7, 11) is -3.81. The molecule has 0 spiro atoms. The van der Waals surface area contributed by atoms with Crippen molar-refractivity contribution in [2.45, 2.75) is 31.1 Å². The number of hydrogen-bond acceptors (Lipinski definition) is 5. The molecule has 1 fully saturated rings. The molecule has 1 aliphatic rings. The third-order valence-corrected chi connectivity index (χ3v) is 5.82. The first-order valence-electron chi connectivity index (χ1n) is 9.39. The van der Waals surface area contributed by atoms with Crippen LogP contribution < -0.4 is 14.9 Å². The first kappa shape index (κ1) is 20.2. The summed E-state index contributed by atoms with van der Waals surface area (Å²) in [5.41, 5.74) is 3.58. The standard InChI is InChI=1S/C20H25N3O4S/c1-2-27-18-11-9-17(10-12-18)22-28(25,26)19-8-6-7-16(15-19)20(24)21-23-13-4-3-5-14-23/h6-12,15,22H,2-5,13-14H2,1H3,(H,21,24). The number of nitrogens with zero attached hydrogens (tertiary/aromatic N) is 1. The lowest BCUT2D eigenvalue weighted by atomic mass is 10.1. The number of rotatable bonds is 7. The molecule has 0 atom stereocenters. The van der Waals surface area contributed by atoms with E-state index in [1.807, 2.05) is 11.9 Å². The Labute approximate surface area is 165 Å². The van der Waals surface area contributed by atoms with Crippen LogP contribution in [0.15, 0.2) is 53.4 Å². The molecule has 150 valence electrons. The molecule has 2 aromatic carbocycles. The first-order valence-corrected chi connectivity index (χ1v) is 10.9. The van der Waals surface area contributed by atoms with Gasteiger partial charge in [-0.2, -0.15) is 0 Å². The lowest BCUT2D eigenvalue weighted by Crippen LogP contribution is -2.45. The van der Waals surface area contributed by atoms with Crippen molar-refractivity contribution in [2.75, 3.05) is 24.4 Å². The Morgan fingerprint density at radius 1 is 1.07 bits per heavy atom. The number of carbonyl (C=O) groups is 1. The van der Waals surface area contributed by atoms with Gasteiger partial charge in [-0.3, -0.25) is 14.9 Å². The number of carbonyl (C=O) groups excluding carboxylic acids is 1. The minimum atomic E-state index is -3.81. The number of anilines is 1. The molecule has 2 aromatic rings. The van der Waals surface area contributed by atoms with Crippen molar-refractivity contribution in [1.29, 1.82) is 0 Å². The highest BCUT2D eigenvalue weighted by Crippen LogP contribution is 2.20. The van der Waals surface area contributed by atoms with Gasteiger partial charge in [-0.25, -0.2) is 13.4 Å². The van der Waals surface area contributed by atoms with Crippen LogP contribution in [0.1, 0.15) is 36.5 Å². The maximum absolute atomic E-state index is 12.7. The van der Waals surface area contributed by atoms with Crippen LogP contribution in [0, 0.1) is 0 Å². The Morgan fingerprint density at radius 3 is 2.46 bits per heavy atom. The molecule has 1 saturated heterocycles. The predicted molar refractivity (Wildman–Crippen MR) is 108 cm³/mol. The predicted octanol–water partition coefficient (Wildman–Crippen LogP) is 3.02. The molecule has 1 heterocycles. The minimum Gasteiger partial charge on any atom is -0.494 e. The molecule has 0 aliphatic carbocycles. The second kappa shape index (κ2) is 9.07. The van der Waals surface area contributed by atoms with E-state index in [-0.39, 0.29) is 10.8 Å². The molecule has 8 heteroatoms. The normalized spacial score (nSPS) is 15.0. The zero-order valence-corrected chi connectivity index (χ0v) is 16.7. The minimum absolute atomic E-state index is 0.0349. The zero-order valence-electron chi connectivity index (χ0n) is 15.8. The van der Waals surface area contributed by atoms with Gasteiger partial charge in [-0.05, 0) is 62.2 Å². The maximum atomic E-state index is 12.7. The third-order valence-electron chi connectivity index (χ3n) is 4.44. The average molecular weight is 404 g/mol. The third kappa shape index (κ3) is 5.24. The molecule has 0 saturated carbocycles. The van der Waals surface area contributed by atoms with E-state index in [1.54, 1.807) is 36.4 Å². The quantitative estimate of drug-likeness (QED) is 0.742. The number of nitrogens with one attached hydrogen (secondary N) is 2. The van der Waals surface area contributed by atoms with Gasteiger partial charge >= 0.3 is 0 Å². The van der Waals surface area contributed by atoms with E-state index in [9.17, 15) is 13.2 Å². The van der Waals surface area contributed by atoms with Crippen molar-refractivity contribution < 1.29 is 17.9 Å². The number of hydrogen-bond donors (Lipinski definition) is 2. The van der Waals surface area contributed by atoms with E-state index in [2.05, 4.69) is 10.1 Å². The van der Waals surface area contributed by atoms with Gasteiger partial charge in [0.15, 0.2) is 0 Å². The van der Waals surface area contributed by atoms with Crippen LogP contribution in [-0.2, 0) is 10.0 Å². The highest BCUT2D eigenvalue weighted by molar-refractivity contribution is 7.92. The summed E-state index contributed by atoms with van der Waals surface area (Å²) in [5, 5.41) is 1.88. The molecular weight excluding hydrogens is 378 g/mol. The summed E-state index contributed by atoms with van der Waals surface area (Å²) in [6, 6.07) is 12.7. The summed E-state index contributed by atoms with van der Waals surface area (Å²) < 4.78 is 33.3. The highest BCUT2D eigenvalue weighted by Gasteiger charge is 2.18. The molecular formula is C20H25N3O4S. The van der Waals surface area contributed by atoms with Gasteiger partial charge < -0.3 is 4.74 Å². The number of piperidine rings is 1. The van der Waals surface area contributed by atoms with Crippen molar-refractivity contribution >= 4 is 21.6 Å². The van der Waals surface area contributed by atoms with Crippen LogP contribution in [-0.4, -0.2) is 39.0 Å². The number of ether oxygens (including phenoxy) is 1. The van der Waals surface area contributed by atoms with Crippen molar-refractivity contribution in [2.24, 2.45) is 0 Å². The van der Waals surface area contributed by atoms with Gasteiger partial charge in [0, 0.05) is 24.3 Å². The van der Waals surface area contributed by atoms with Gasteiger partial charge in [0.1, 0.15) is 5.75 Å². The van der Waals surface area contributed by atoms with Gasteiger partial charge in [0.25, 0.3) is 15.9 Å². The smallest absolute Gasteiger partial charge is 0.265 e. The molecule has 0 aromatic heterocycles. The van der Waals surface area contributed by atoms with Gasteiger partial charge in [0.05, 0.1) is 11.5 Å². The maximum Gasteiger partial charge on any atom is 0.265 e. The fourth-order valence-corrected chi connectivity index (χ4v) is 4.12. The van der Waals surface area contributed by atoms with E-state index in [1.165, 1.54) is 12.1 Å². The Bertz CT molecular complexity index is 907. The average Bonchev–Trinajstić information content (AvgIpc) is 2.70. The summed E-state index contributed by atoms with van der Waals surface area (Å²) in [6.07, 6.45) is 3.25. The van der Waals surface area contributed by atoms with E-state index < -0.39 is 10.0 Å². The van der Waals surface area contributed by atoms with Gasteiger partial charge in [0.2, 0.25) is 0 Å². The molecule has 3 rings (SSSR count). The molecule has 1 amide bonds. The van der Waals surface area contributed by atoms with Crippen LogP contribution in [0.3, 0.4) is 0 Å². The molecule has 0 radical (unpaired) electrons. The Morgan fingerprint density at radius 2 is 1.79 bits per heavy atom. The fourth-order valence-electron chi connectivity index (χ4n) is 3.02. The van der Waals surface area contributed by atoms with Crippen molar-refractivity contribution in [3.8, 4) is 5.75 Å². The topological polar surface area (TPSA) is 87.7 Å². The Hall–Kier alpha value is -2.58. The SMILES string of the molecule is CCOc1ccc(NS(=O)(=O)c2cccc(C(=O)NN3CCCCC3)c2)cc1. The number of benzene rings is 2. The first-order chi connectivity index (χ1) is 13.5.